The van der Waals surface area contributed by atoms with Gasteiger partial charge in [-0.1, -0.05) is 0 Å². The molecule has 3 amide bonds. The molecule has 0 bridgehead atoms. The number of likely N-dealkylation sites (tertiary alicyclic amines) is 1. The molecule has 1 aliphatic heterocycles. The smallest absolute Gasteiger partial charge is 0.315 e. The van der Waals surface area contributed by atoms with E-state index in [-0.39, 0.29) is 29.8 Å². The van der Waals surface area contributed by atoms with Crippen LogP contribution in [-0.4, -0.2) is 36.0 Å². The van der Waals surface area contributed by atoms with E-state index in [4.69, 9.17) is 8.83 Å². The first-order chi connectivity index (χ1) is 14.4. The number of nitrogens with one attached hydrogen (secondary N) is 2. The van der Waals surface area contributed by atoms with Crippen molar-refractivity contribution in [3.05, 3.63) is 59.5 Å². The number of halogens is 1. The Morgan fingerprint density at radius 1 is 1.23 bits per heavy atom. The Morgan fingerprint density at radius 3 is 2.70 bits per heavy atom. The van der Waals surface area contributed by atoms with Crippen molar-refractivity contribution in [2.75, 3.05) is 13.1 Å². The molecule has 1 aliphatic rings. The molecule has 0 radical (unpaired) electrons. The molecular weight excluding hydrogens is 389 g/mol. The van der Waals surface area contributed by atoms with Crippen LogP contribution in [0.3, 0.4) is 0 Å². The van der Waals surface area contributed by atoms with E-state index in [2.05, 4.69) is 10.6 Å². The molecule has 7 nitrogen and oxygen atoms in total. The number of amides is 3. The lowest BCUT2D eigenvalue weighted by Crippen LogP contribution is -2.49. The molecule has 158 valence electrons. The average Bonchev–Trinajstić information content (AvgIpc) is 3.37. The first-order valence-electron chi connectivity index (χ1n) is 9.99. The van der Waals surface area contributed by atoms with Crippen LogP contribution in [0.25, 0.3) is 11.0 Å². The maximum absolute atomic E-state index is 13.5. The summed E-state index contributed by atoms with van der Waals surface area (Å²) in [6.07, 6.45) is 4.27. The van der Waals surface area contributed by atoms with Crippen molar-refractivity contribution in [1.82, 2.24) is 15.5 Å². The number of nitrogens with zero attached hydrogens (tertiary/aromatic N) is 1. The Hall–Kier alpha value is -3.29. The zero-order chi connectivity index (χ0) is 21.3. The zero-order valence-electron chi connectivity index (χ0n) is 16.9. The molecule has 1 aromatic carbocycles. The minimum atomic E-state index is -0.372. The molecule has 0 aliphatic carbocycles. The number of benzene rings is 1. The number of rotatable bonds is 4. The normalized spacial score (nSPS) is 15.9. The van der Waals surface area contributed by atoms with Crippen LogP contribution in [0.15, 0.2) is 45.6 Å². The minimum absolute atomic E-state index is 0.0172. The topological polar surface area (TPSA) is 87.7 Å². The summed E-state index contributed by atoms with van der Waals surface area (Å²) in [5.41, 5.74) is 1.94. The predicted molar refractivity (Wildman–Crippen MR) is 109 cm³/mol. The van der Waals surface area contributed by atoms with Gasteiger partial charge in [0.05, 0.1) is 17.9 Å². The quantitative estimate of drug-likeness (QED) is 0.673. The third-order valence-electron chi connectivity index (χ3n) is 5.56. The number of furan rings is 2. The fourth-order valence-electron chi connectivity index (χ4n) is 3.91. The number of carbonyl (C=O) groups excluding carboxylic acids is 2. The largest absolute Gasteiger partial charge is 0.472 e. The van der Waals surface area contributed by atoms with Crippen LogP contribution in [0.5, 0.6) is 0 Å². The molecule has 0 spiro atoms. The summed E-state index contributed by atoms with van der Waals surface area (Å²) in [5.74, 6) is 0.220. The predicted octanol–water partition coefficient (Wildman–Crippen LogP) is 4.14. The summed E-state index contributed by atoms with van der Waals surface area (Å²) in [6, 6.07) is 5.34. The lowest BCUT2D eigenvalue weighted by atomic mass is 10.0. The number of hydrogen-bond acceptors (Lipinski definition) is 4. The van der Waals surface area contributed by atoms with Crippen LogP contribution in [-0.2, 0) is 0 Å². The Labute approximate surface area is 173 Å². The third-order valence-corrected chi connectivity index (χ3v) is 5.56. The van der Waals surface area contributed by atoms with Crippen molar-refractivity contribution in [2.24, 2.45) is 0 Å². The standard InChI is InChI=1S/C22H24FN3O4/c1-13-18-11-16(23)3-4-19(18)30-20(13)14(2)24-22(28)25-17-5-8-26(9-6-17)21(27)15-7-10-29-12-15/h3-4,7,10-12,14,17H,5-6,8-9H2,1-2H3,(H2,24,25,28). The minimum Gasteiger partial charge on any atom is -0.472 e. The number of urea groups is 1. The van der Waals surface area contributed by atoms with Crippen LogP contribution in [0.4, 0.5) is 9.18 Å². The van der Waals surface area contributed by atoms with Gasteiger partial charge in [0.15, 0.2) is 0 Å². The van der Waals surface area contributed by atoms with Crippen molar-refractivity contribution in [3.63, 3.8) is 0 Å². The van der Waals surface area contributed by atoms with Gasteiger partial charge in [-0.15, -0.1) is 0 Å². The van der Waals surface area contributed by atoms with E-state index in [1.165, 1.54) is 24.7 Å². The number of carbonyl (C=O) groups is 2. The summed E-state index contributed by atoms with van der Waals surface area (Å²) < 4.78 is 24.3. The average molecular weight is 413 g/mol. The third kappa shape index (κ3) is 4.03. The van der Waals surface area contributed by atoms with Crippen molar-refractivity contribution in [1.29, 1.82) is 0 Å². The Kier molecular flexibility index (Phi) is 5.48. The second kappa shape index (κ2) is 8.22. The first-order valence-corrected chi connectivity index (χ1v) is 9.99. The van der Waals surface area contributed by atoms with Gasteiger partial charge >= 0.3 is 6.03 Å². The lowest BCUT2D eigenvalue weighted by Gasteiger charge is -2.32. The van der Waals surface area contributed by atoms with E-state index < -0.39 is 0 Å². The molecule has 1 fully saturated rings. The number of fused-ring (bicyclic) bond motifs is 1. The van der Waals surface area contributed by atoms with Crippen LogP contribution >= 0.6 is 0 Å². The van der Waals surface area contributed by atoms with Crippen molar-refractivity contribution in [3.8, 4) is 0 Å². The summed E-state index contributed by atoms with van der Waals surface area (Å²) in [7, 11) is 0. The number of hydrogen-bond donors (Lipinski definition) is 2. The Balaban J connectivity index is 1.31. The summed E-state index contributed by atoms with van der Waals surface area (Å²) >= 11 is 0. The maximum atomic E-state index is 13.5. The van der Waals surface area contributed by atoms with Gasteiger partial charge in [0.1, 0.15) is 23.4 Å². The maximum Gasteiger partial charge on any atom is 0.315 e. The SMILES string of the molecule is Cc1c(C(C)NC(=O)NC2CCN(C(=O)c3ccoc3)CC2)oc2ccc(F)cc12. The van der Waals surface area contributed by atoms with Gasteiger partial charge in [0.25, 0.3) is 5.91 Å². The van der Waals surface area contributed by atoms with Gasteiger partial charge in [-0.2, -0.15) is 0 Å². The second-order valence-electron chi connectivity index (χ2n) is 7.65. The molecule has 1 unspecified atom stereocenters. The van der Waals surface area contributed by atoms with E-state index in [0.717, 1.165) is 5.56 Å². The fraction of sp³-hybridized carbons (Fsp3) is 0.364. The van der Waals surface area contributed by atoms with Crippen molar-refractivity contribution in [2.45, 2.75) is 38.8 Å². The summed E-state index contributed by atoms with van der Waals surface area (Å²) in [4.78, 5) is 26.6. The fourth-order valence-corrected chi connectivity index (χ4v) is 3.91. The molecule has 2 aromatic heterocycles. The van der Waals surface area contributed by atoms with E-state index in [0.29, 0.717) is 48.2 Å². The first kappa shape index (κ1) is 20.0. The lowest BCUT2D eigenvalue weighted by molar-refractivity contribution is 0.0707. The van der Waals surface area contributed by atoms with Crippen molar-refractivity contribution >= 4 is 22.9 Å². The molecule has 1 atom stereocenters. The van der Waals surface area contributed by atoms with E-state index in [1.807, 2.05) is 13.8 Å². The van der Waals surface area contributed by atoms with E-state index in [9.17, 15) is 14.0 Å². The highest BCUT2D eigenvalue weighted by atomic mass is 19.1. The van der Waals surface area contributed by atoms with E-state index >= 15 is 0 Å². The van der Waals surface area contributed by atoms with Crippen LogP contribution < -0.4 is 10.6 Å². The van der Waals surface area contributed by atoms with Gasteiger partial charge in [-0.25, -0.2) is 9.18 Å². The van der Waals surface area contributed by atoms with Crippen molar-refractivity contribution < 1.29 is 22.8 Å². The molecular formula is C22H24FN3O4. The molecule has 1 saturated heterocycles. The van der Waals surface area contributed by atoms with Gasteiger partial charge in [-0.3, -0.25) is 4.79 Å². The van der Waals surface area contributed by atoms with Gasteiger partial charge in [0, 0.05) is 30.1 Å². The molecule has 3 aromatic rings. The molecule has 30 heavy (non-hydrogen) atoms. The highest BCUT2D eigenvalue weighted by molar-refractivity contribution is 5.93. The highest BCUT2D eigenvalue weighted by Crippen LogP contribution is 2.29. The molecule has 2 N–H and O–H groups in total. The molecule has 3 heterocycles. The highest BCUT2D eigenvalue weighted by Gasteiger charge is 2.26. The Bertz CT molecular complexity index is 1050. The van der Waals surface area contributed by atoms with Gasteiger partial charge in [0.2, 0.25) is 0 Å². The van der Waals surface area contributed by atoms with E-state index in [1.54, 1.807) is 17.0 Å². The number of piperidine rings is 1. The molecule has 0 saturated carbocycles. The van der Waals surface area contributed by atoms with Gasteiger partial charge < -0.3 is 24.4 Å². The summed E-state index contributed by atoms with van der Waals surface area (Å²) in [5, 5.41) is 6.56. The molecule has 4 rings (SSSR count). The van der Waals surface area contributed by atoms with Crippen LogP contribution in [0.2, 0.25) is 0 Å². The van der Waals surface area contributed by atoms with Crippen LogP contribution in [0, 0.1) is 12.7 Å². The Morgan fingerprint density at radius 2 is 2.00 bits per heavy atom. The monoisotopic (exact) mass is 413 g/mol. The second-order valence-corrected chi connectivity index (χ2v) is 7.65. The zero-order valence-corrected chi connectivity index (χ0v) is 16.9. The van der Waals surface area contributed by atoms with Crippen LogP contribution in [0.1, 0.15) is 47.5 Å². The summed E-state index contributed by atoms with van der Waals surface area (Å²) in [6.45, 7) is 4.81. The molecule has 8 heteroatoms. The van der Waals surface area contributed by atoms with Gasteiger partial charge in [-0.05, 0) is 51.0 Å². The number of aryl methyl sites for hydroxylation is 1.